The molecule has 2 aromatic rings. The fourth-order valence-corrected chi connectivity index (χ4v) is 3.88. The van der Waals surface area contributed by atoms with Gasteiger partial charge in [0.15, 0.2) is 0 Å². The van der Waals surface area contributed by atoms with Crippen molar-refractivity contribution in [2.45, 2.75) is 51.7 Å². The Bertz CT molecular complexity index is 857. The first kappa shape index (κ1) is 21.1. The smallest absolute Gasteiger partial charge is 0.304 e. The molecule has 5 nitrogen and oxygen atoms in total. The Morgan fingerprint density at radius 1 is 1.17 bits per heavy atom. The number of carboxylic acids is 1. The Morgan fingerprint density at radius 3 is 2.38 bits per heavy atom. The summed E-state index contributed by atoms with van der Waals surface area (Å²) < 4.78 is 19.2. The van der Waals surface area contributed by atoms with E-state index in [0.717, 1.165) is 35.7 Å². The van der Waals surface area contributed by atoms with Gasteiger partial charge in [-0.05, 0) is 55.8 Å². The Morgan fingerprint density at radius 2 is 1.79 bits per heavy atom. The standard InChI is InChI=1S/C23H29FN2O3/c1-15-13-26(14-16(2)29-15)21-10-5-17(23(3,4)12-22(27)28)11-20(21)25-19-8-6-18(24)7-9-19/h5-11,15-16,25H,12-14H2,1-4H3,(H,27,28)/t15-,16+. The van der Waals surface area contributed by atoms with Gasteiger partial charge in [0.05, 0.1) is 30.0 Å². The molecule has 1 fully saturated rings. The average Bonchev–Trinajstić information content (AvgIpc) is 2.61. The minimum Gasteiger partial charge on any atom is -0.481 e. The van der Waals surface area contributed by atoms with Gasteiger partial charge >= 0.3 is 5.97 Å². The molecule has 1 saturated heterocycles. The molecule has 29 heavy (non-hydrogen) atoms. The Hall–Kier alpha value is -2.60. The number of benzene rings is 2. The zero-order valence-corrected chi connectivity index (χ0v) is 17.4. The molecular weight excluding hydrogens is 371 g/mol. The number of rotatable bonds is 6. The molecule has 1 aliphatic rings. The molecule has 2 N–H and O–H groups in total. The van der Waals surface area contributed by atoms with Crippen molar-refractivity contribution in [3.8, 4) is 0 Å². The van der Waals surface area contributed by atoms with E-state index in [2.05, 4.69) is 24.1 Å². The third-order valence-electron chi connectivity index (χ3n) is 5.25. The molecule has 3 rings (SSSR count). The van der Waals surface area contributed by atoms with Gasteiger partial charge in [-0.15, -0.1) is 0 Å². The van der Waals surface area contributed by atoms with Crippen LogP contribution in [0.25, 0.3) is 0 Å². The van der Waals surface area contributed by atoms with Gasteiger partial charge in [-0.25, -0.2) is 4.39 Å². The molecule has 2 aromatic carbocycles. The number of halogens is 1. The lowest BCUT2D eigenvalue weighted by molar-refractivity contribution is -0.138. The van der Waals surface area contributed by atoms with Crippen LogP contribution in [0.3, 0.4) is 0 Å². The van der Waals surface area contributed by atoms with Crippen LogP contribution in [-0.2, 0) is 14.9 Å². The van der Waals surface area contributed by atoms with Crippen molar-refractivity contribution in [1.82, 2.24) is 0 Å². The summed E-state index contributed by atoms with van der Waals surface area (Å²) in [7, 11) is 0. The molecule has 2 atom stereocenters. The highest BCUT2D eigenvalue weighted by Gasteiger charge is 2.28. The minimum absolute atomic E-state index is 0.0357. The number of aliphatic carboxylic acids is 1. The lowest BCUT2D eigenvalue weighted by Crippen LogP contribution is -2.45. The van der Waals surface area contributed by atoms with Crippen LogP contribution in [0.15, 0.2) is 42.5 Å². The molecule has 0 amide bonds. The number of carboxylic acid groups (broad SMARTS) is 1. The van der Waals surface area contributed by atoms with Gasteiger partial charge in [0.25, 0.3) is 0 Å². The highest BCUT2D eigenvalue weighted by Crippen LogP contribution is 2.36. The fraction of sp³-hybridized carbons (Fsp3) is 0.435. The molecule has 0 saturated carbocycles. The van der Waals surface area contributed by atoms with E-state index in [9.17, 15) is 14.3 Å². The SMILES string of the molecule is C[C@@H]1CN(c2ccc(C(C)(C)CC(=O)O)cc2Nc2ccc(F)cc2)C[C@H](C)O1. The van der Waals surface area contributed by atoms with Gasteiger partial charge in [-0.1, -0.05) is 19.9 Å². The Kier molecular flexibility index (Phi) is 6.13. The molecular formula is C23H29FN2O3. The zero-order valence-electron chi connectivity index (χ0n) is 17.4. The number of morpholine rings is 1. The van der Waals surface area contributed by atoms with Gasteiger partial charge < -0.3 is 20.1 Å². The van der Waals surface area contributed by atoms with E-state index in [1.54, 1.807) is 12.1 Å². The van der Waals surface area contributed by atoms with Gasteiger partial charge in [0.1, 0.15) is 5.82 Å². The Labute approximate surface area is 171 Å². The maximum atomic E-state index is 13.3. The lowest BCUT2D eigenvalue weighted by atomic mass is 9.81. The second-order valence-corrected chi connectivity index (χ2v) is 8.48. The topological polar surface area (TPSA) is 61.8 Å². The van der Waals surface area contributed by atoms with Crippen LogP contribution >= 0.6 is 0 Å². The van der Waals surface area contributed by atoms with Crippen molar-refractivity contribution in [2.75, 3.05) is 23.3 Å². The minimum atomic E-state index is -0.831. The number of anilines is 3. The van der Waals surface area contributed by atoms with E-state index in [0.29, 0.717) is 0 Å². The summed E-state index contributed by atoms with van der Waals surface area (Å²) in [5.41, 5.74) is 3.08. The molecule has 0 spiro atoms. The van der Waals surface area contributed by atoms with E-state index >= 15 is 0 Å². The summed E-state index contributed by atoms with van der Waals surface area (Å²) >= 11 is 0. The number of carbonyl (C=O) groups is 1. The number of hydrogen-bond donors (Lipinski definition) is 2. The van der Waals surface area contributed by atoms with Crippen LogP contribution in [0.4, 0.5) is 21.5 Å². The number of hydrogen-bond acceptors (Lipinski definition) is 4. The number of nitrogens with one attached hydrogen (secondary N) is 1. The predicted molar refractivity (Wildman–Crippen MR) is 114 cm³/mol. The summed E-state index contributed by atoms with van der Waals surface area (Å²) in [5, 5.41) is 12.7. The molecule has 156 valence electrons. The molecule has 0 bridgehead atoms. The molecule has 1 aliphatic heterocycles. The first-order valence-electron chi connectivity index (χ1n) is 9.93. The summed E-state index contributed by atoms with van der Waals surface area (Å²) in [6.07, 6.45) is 0.259. The monoisotopic (exact) mass is 400 g/mol. The highest BCUT2D eigenvalue weighted by atomic mass is 19.1. The van der Waals surface area contributed by atoms with Crippen molar-refractivity contribution in [3.05, 3.63) is 53.8 Å². The fourth-order valence-electron chi connectivity index (χ4n) is 3.88. The zero-order chi connectivity index (χ0) is 21.2. The number of ether oxygens (including phenoxy) is 1. The van der Waals surface area contributed by atoms with Crippen molar-refractivity contribution in [3.63, 3.8) is 0 Å². The first-order chi connectivity index (χ1) is 13.6. The van der Waals surface area contributed by atoms with Crippen molar-refractivity contribution in [2.24, 2.45) is 0 Å². The van der Waals surface area contributed by atoms with Gasteiger partial charge in [0.2, 0.25) is 0 Å². The molecule has 1 heterocycles. The van der Waals surface area contributed by atoms with E-state index in [1.807, 2.05) is 32.0 Å². The summed E-state index contributed by atoms with van der Waals surface area (Å²) in [6, 6.07) is 12.3. The quantitative estimate of drug-likeness (QED) is 0.720. The normalized spacial score (nSPS) is 19.8. The second kappa shape index (κ2) is 8.41. The molecule has 6 heteroatoms. The van der Waals surface area contributed by atoms with Crippen molar-refractivity contribution in [1.29, 1.82) is 0 Å². The van der Waals surface area contributed by atoms with Crippen LogP contribution in [0.1, 0.15) is 39.7 Å². The summed E-state index contributed by atoms with van der Waals surface area (Å²) in [6.45, 7) is 9.49. The second-order valence-electron chi connectivity index (χ2n) is 8.48. The van der Waals surface area contributed by atoms with Gasteiger partial charge in [-0.2, -0.15) is 0 Å². The summed E-state index contributed by atoms with van der Waals surface area (Å²) in [4.78, 5) is 13.6. The van der Waals surface area contributed by atoms with Crippen LogP contribution in [0.5, 0.6) is 0 Å². The van der Waals surface area contributed by atoms with Crippen LogP contribution in [0.2, 0.25) is 0 Å². The van der Waals surface area contributed by atoms with Gasteiger partial charge in [-0.3, -0.25) is 4.79 Å². The van der Waals surface area contributed by atoms with E-state index < -0.39 is 11.4 Å². The first-order valence-corrected chi connectivity index (χ1v) is 9.93. The highest BCUT2D eigenvalue weighted by molar-refractivity contribution is 5.77. The molecule has 0 radical (unpaired) electrons. The third kappa shape index (κ3) is 5.26. The van der Waals surface area contributed by atoms with Crippen molar-refractivity contribution >= 4 is 23.0 Å². The maximum absolute atomic E-state index is 13.3. The largest absolute Gasteiger partial charge is 0.481 e. The molecule has 0 aliphatic carbocycles. The molecule has 0 unspecified atom stereocenters. The van der Waals surface area contributed by atoms with Crippen molar-refractivity contribution < 1.29 is 19.0 Å². The van der Waals surface area contributed by atoms with Gasteiger partial charge in [0, 0.05) is 24.2 Å². The maximum Gasteiger partial charge on any atom is 0.304 e. The number of nitrogens with zero attached hydrogens (tertiary/aromatic N) is 1. The molecule has 0 aromatic heterocycles. The average molecular weight is 400 g/mol. The van der Waals surface area contributed by atoms with Crippen LogP contribution in [0, 0.1) is 5.82 Å². The lowest BCUT2D eigenvalue weighted by Gasteiger charge is -2.38. The van der Waals surface area contributed by atoms with Crippen LogP contribution in [-0.4, -0.2) is 36.4 Å². The van der Waals surface area contributed by atoms with Crippen LogP contribution < -0.4 is 10.2 Å². The Balaban J connectivity index is 2.00. The van der Waals surface area contributed by atoms with E-state index in [-0.39, 0.29) is 24.4 Å². The van der Waals surface area contributed by atoms with E-state index in [1.165, 1.54) is 12.1 Å². The van der Waals surface area contributed by atoms with E-state index in [4.69, 9.17) is 4.74 Å². The summed E-state index contributed by atoms with van der Waals surface area (Å²) in [5.74, 6) is -1.12. The third-order valence-corrected chi connectivity index (χ3v) is 5.25. The predicted octanol–water partition coefficient (Wildman–Crippen LogP) is 4.94.